The van der Waals surface area contributed by atoms with E-state index in [2.05, 4.69) is 65.2 Å². The third-order valence-electron chi connectivity index (χ3n) is 7.22. The predicted molar refractivity (Wildman–Crippen MR) is 151 cm³/mol. The molecule has 0 radical (unpaired) electrons. The Labute approximate surface area is 224 Å². The Bertz CT molecular complexity index is 1310. The summed E-state index contributed by atoms with van der Waals surface area (Å²) in [5, 5.41) is 4.84. The van der Waals surface area contributed by atoms with Crippen LogP contribution in [0.25, 0.3) is 28.1 Å². The van der Waals surface area contributed by atoms with Gasteiger partial charge in [0.1, 0.15) is 11.6 Å². The second-order valence-corrected chi connectivity index (χ2v) is 10.1. The molecule has 0 aliphatic carbocycles. The van der Waals surface area contributed by atoms with Crippen molar-refractivity contribution >= 4 is 0 Å². The van der Waals surface area contributed by atoms with E-state index in [4.69, 9.17) is 9.84 Å². The third kappa shape index (κ3) is 6.13. The van der Waals surface area contributed by atoms with Crippen LogP contribution in [0.4, 0.5) is 4.39 Å². The molecule has 5 rings (SSSR count). The van der Waals surface area contributed by atoms with E-state index >= 15 is 0 Å². The van der Waals surface area contributed by atoms with Crippen molar-refractivity contribution < 1.29 is 9.13 Å². The molecule has 3 aromatic carbocycles. The summed E-state index contributed by atoms with van der Waals surface area (Å²) in [6.45, 7) is 7.34. The topological polar surface area (TPSA) is 36.8 Å². The minimum absolute atomic E-state index is 0.228. The lowest BCUT2D eigenvalue weighted by Gasteiger charge is -2.35. The van der Waals surface area contributed by atoms with Gasteiger partial charge in [0.15, 0.2) is 0 Å². The summed E-state index contributed by atoms with van der Waals surface area (Å²) in [5.41, 5.74) is 6.42. The molecule has 0 saturated carbocycles. The largest absolute Gasteiger partial charge is 0.497 e. The SMILES string of the molecule is COc1ccc(-c2c(CN3CCN(CCN(C)C)CC3)cnn2-c2ccc(-c3ccc(F)cc3)cc2)cc1. The van der Waals surface area contributed by atoms with Crippen LogP contribution in [0, 0.1) is 5.82 Å². The van der Waals surface area contributed by atoms with Gasteiger partial charge in [-0.1, -0.05) is 24.3 Å². The zero-order valence-corrected chi connectivity index (χ0v) is 22.5. The van der Waals surface area contributed by atoms with Gasteiger partial charge < -0.3 is 9.64 Å². The quantitative estimate of drug-likeness (QED) is 0.314. The molecule has 6 nitrogen and oxygen atoms in total. The van der Waals surface area contributed by atoms with E-state index < -0.39 is 0 Å². The Morgan fingerprint density at radius 3 is 1.97 bits per heavy atom. The number of likely N-dealkylation sites (N-methyl/N-ethyl adjacent to an activating group) is 1. The fourth-order valence-electron chi connectivity index (χ4n) is 4.94. The smallest absolute Gasteiger partial charge is 0.123 e. The number of halogens is 1. The van der Waals surface area contributed by atoms with E-state index in [0.717, 1.165) is 79.6 Å². The highest BCUT2D eigenvalue weighted by Gasteiger charge is 2.21. The van der Waals surface area contributed by atoms with Crippen LogP contribution in [0.15, 0.2) is 79.0 Å². The molecule has 198 valence electrons. The lowest BCUT2D eigenvalue weighted by molar-refractivity contribution is 0.120. The van der Waals surface area contributed by atoms with Gasteiger partial charge >= 0.3 is 0 Å². The number of piperazine rings is 1. The monoisotopic (exact) mass is 513 g/mol. The fourth-order valence-corrected chi connectivity index (χ4v) is 4.94. The Hall–Kier alpha value is -3.52. The number of aromatic nitrogens is 2. The Balaban J connectivity index is 1.39. The van der Waals surface area contributed by atoms with Crippen molar-refractivity contribution in [3.63, 3.8) is 0 Å². The zero-order valence-electron chi connectivity index (χ0n) is 22.5. The maximum Gasteiger partial charge on any atom is 0.123 e. The average Bonchev–Trinajstić information content (AvgIpc) is 3.36. The van der Waals surface area contributed by atoms with Gasteiger partial charge in [0.25, 0.3) is 0 Å². The lowest BCUT2D eigenvalue weighted by Crippen LogP contribution is -2.47. The minimum atomic E-state index is -0.228. The van der Waals surface area contributed by atoms with Gasteiger partial charge in [-0.2, -0.15) is 5.10 Å². The highest BCUT2D eigenvalue weighted by Crippen LogP contribution is 2.30. The molecule has 2 heterocycles. The van der Waals surface area contributed by atoms with Crippen LogP contribution in [0.1, 0.15) is 5.56 Å². The number of hydrogen-bond donors (Lipinski definition) is 0. The van der Waals surface area contributed by atoms with E-state index in [0.29, 0.717) is 0 Å². The molecule has 0 unspecified atom stereocenters. The number of rotatable bonds is 9. The summed E-state index contributed by atoms with van der Waals surface area (Å²) in [4.78, 5) is 7.32. The second-order valence-electron chi connectivity index (χ2n) is 10.1. The number of benzene rings is 3. The van der Waals surface area contributed by atoms with E-state index in [-0.39, 0.29) is 5.82 Å². The highest BCUT2D eigenvalue weighted by atomic mass is 19.1. The van der Waals surface area contributed by atoms with Crippen molar-refractivity contribution in [1.29, 1.82) is 0 Å². The van der Waals surface area contributed by atoms with Crippen LogP contribution in [0.3, 0.4) is 0 Å². The first-order chi connectivity index (χ1) is 18.5. The average molecular weight is 514 g/mol. The first-order valence-electron chi connectivity index (χ1n) is 13.2. The molecule has 38 heavy (non-hydrogen) atoms. The molecular formula is C31H36FN5O. The van der Waals surface area contributed by atoms with Gasteiger partial charge in [0.2, 0.25) is 0 Å². The van der Waals surface area contributed by atoms with Crippen LogP contribution in [0.2, 0.25) is 0 Å². The second kappa shape index (κ2) is 11.9. The molecule has 0 amide bonds. The van der Waals surface area contributed by atoms with Crippen LogP contribution in [0.5, 0.6) is 5.75 Å². The number of methoxy groups -OCH3 is 1. The summed E-state index contributed by atoms with van der Waals surface area (Å²) in [6, 6.07) is 23.1. The van der Waals surface area contributed by atoms with Crippen LogP contribution >= 0.6 is 0 Å². The molecule has 1 fully saturated rings. The maximum atomic E-state index is 13.4. The third-order valence-corrected chi connectivity index (χ3v) is 7.22. The van der Waals surface area contributed by atoms with E-state index in [1.54, 1.807) is 19.2 Å². The van der Waals surface area contributed by atoms with Crippen molar-refractivity contribution in [3.05, 3.63) is 90.4 Å². The van der Waals surface area contributed by atoms with Gasteiger partial charge in [-0.25, -0.2) is 9.07 Å². The number of nitrogens with zero attached hydrogens (tertiary/aromatic N) is 5. The highest BCUT2D eigenvalue weighted by molar-refractivity contribution is 5.68. The summed E-state index contributed by atoms with van der Waals surface area (Å²) in [6.07, 6.45) is 2.01. The van der Waals surface area contributed by atoms with Gasteiger partial charge in [-0.15, -0.1) is 0 Å². The molecule has 1 saturated heterocycles. The molecule has 0 N–H and O–H groups in total. The normalized spacial score (nSPS) is 14.8. The van der Waals surface area contributed by atoms with Crippen LogP contribution < -0.4 is 4.74 Å². The molecule has 0 spiro atoms. The molecule has 1 aliphatic heterocycles. The van der Waals surface area contributed by atoms with Crippen molar-refractivity contribution in [1.82, 2.24) is 24.5 Å². The van der Waals surface area contributed by atoms with Crippen molar-refractivity contribution in [2.75, 3.05) is 60.5 Å². The van der Waals surface area contributed by atoms with Gasteiger partial charge in [-0.05, 0) is 73.8 Å². The van der Waals surface area contributed by atoms with Gasteiger partial charge in [0.05, 0.1) is 24.7 Å². The maximum absolute atomic E-state index is 13.4. The Kier molecular flexibility index (Phi) is 8.17. The summed E-state index contributed by atoms with van der Waals surface area (Å²) >= 11 is 0. The van der Waals surface area contributed by atoms with E-state index in [1.165, 1.54) is 17.7 Å². The summed E-state index contributed by atoms with van der Waals surface area (Å²) < 4.78 is 20.8. The van der Waals surface area contributed by atoms with Crippen molar-refractivity contribution in [3.8, 4) is 33.8 Å². The summed E-state index contributed by atoms with van der Waals surface area (Å²) in [7, 11) is 5.95. The molecule has 4 aromatic rings. The number of ether oxygens (including phenoxy) is 1. The number of hydrogen-bond acceptors (Lipinski definition) is 5. The van der Waals surface area contributed by atoms with Crippen LogP contribution in [-0.2, 0) is 6.54 Å². The van der Waals surface area contributed by atoms with Gasteiger partial charge in [0, 0.05) is 56.9 Å². The fraction of sp³-hybridized carbons (Fsp3) is 0.323. The van der Waals surface area contributed by atoms with Crippen LogP contribution in [-0.4, -0.2) is 85.0 Å². The molecule has 0 bridgehead atoms. The summed E-state index contributed by atoms with van der Waals surface area (Å²) in [5.74, 6) is 0.604. The first-order valence-corrected chi connectivity index (χ1v) is 13.2. The zero-order chi connectivity index (χ0) is 26.5. The van der Waals surface area contributed by atoms with Crippen molar-refractivity contribution in [2.45, 2.75) is 6.54 Å². The molecule has 1 aromatic heterocycles. The van der Waals surface area contributed by atoms with Gasteiger partial charge in [-0.3, -0.25) is 9.80 Å². The molecule has 7 heteroatoms. The Morgan fingerprint density at radius 1 is 0.789 bits per heavy atom. The molecular weight excluding hydrogens is 477 g/mol. The molecule has 1 aliphatic rings. The lowest BCUT2D eigenvalue weighted by atomic mass is 10.0. The van der Waals surface area contributed by atoms with E-state index in [1.807, 2.05) is 23.0 Å². The van der Waals surface area contributed by atoms with Crippen molar-refractivity contribution in [2.24, 2.45) is 0 Å². The van der Waals surface area contributed by atoms with E-state index in [9.17, 15) is 4.39 Å². The predicted octanol–water partition coefficient (Wildman–Crippen LogP) is 5.03. The first kappa shape index (κ1) is 26.1. The molecule has 0 atom stereocenters. The minimum Gasteiger partial charge on any atom is -0.497 e. The Morgan fingerprint density at radius 2 is 1.37 bits per heavy atom. The standard InChI is InChI=1S/C31H36FN5O/c1-34(2)16-17-35-18-20-36(21-19-35)23-27-22-33-37(31(27)26-8-14-30(38-3)15-9-26)29-12-6-25(7-13-29)24-4-10-28(32)11-5-24/h4-15,22H,16-21,23H2,1-3H3.